The first-order valence-corrected chi connectivity index (χ1v) is 9.65. The third-order valence-electron chi connectivity index (χ3n) is 3.15. The van der Waals surface area contributed by atoms with Crippen LogP contribution in [0.5, 0.6) is 0 Å². The van der Waals surface area contributed by atoms with Crippen LogP contribution in [0.25, 0.3) is 0 Å². The zero-order chi connectivity index (χ0) is 17.4. The summed E-state index contributed by atoms with van der Waals surface area (Å²) in [5, 5.41) is 9.08. The molecule has 0 heterocycles. The van der Waals surface area contributed by atoms with Crippen molar-refractivity contribution in [3.8, 4) is 6.07 Å². The normalized spacial score (nSPS) is 16.3. The van der Waals surface area contributed by atoms with Crippen LogP contribution in [0.15, 0.2) is 22.7 Å². The number of hydrogen-bond acceptors (Lipinski definition) is 4. The Morgan fingerprint density at radius 1 is 1.43 bits per heavy atom. The maximum atomic E-state index is 13.8. The highest BCUT2D eigenvalue weighted by molar-refractivity contribution is 9.10. The molecule has 128 valence electrons. The fraction of sp³-hybridized carbons (Fsp3) is 0.588. The molecule has 2 unspecified atom stereocenters. The summed E-state index contributed by atoms with van der Waals surface area (Å²) in [5.74, 6) is 7.15. The summed E-state index contributed by atoms with van der Waals surface area (Å²) in [6.07, 6.45) is 2.24. The van der Waals surface area contributed by atoms with Gasteiger partial charge in [0.2, 0.25) is 0 Å². The van der Waals surface area contributed by atoms with Crippen molar-refractivity contribution in [3.05, 3.63) is 34.1 Å². The Morgan fingerprint density at radius 3 is 2.52 bits per heavy atom. The number of benzene rings is 1. The zero-order valence-corrected chi connectivity index (χ0v) is 16.3. The summed E-state index contributed by atoms with van der Waals surface area (Å²) in [7, 11) is 0. The highest BCUT2D eigenvalue weighted by Crippen LogP contribution is 2.39. The van der Waals surface area contributed by atoms with E-state index in [9.17, 15) is 4.39 Å². The number of hydrogen-bond donors (Lipinski definition) is 2. The molecule has 23 heavy (non-hydrogen) atoms. The maximum absolute atomic E-state index is 13.8. The lowest BCUT2D eigenvalue weighted by atomic mass is 10.1. The van der Waals surface area contributed by atoms with Gasteiger partial charge in [0.1, 0.15) is 5.82 Å². The van der Waals surface area contributed by atoms with Crippen LogP contribution in [-0.4, -0.2) is 11.0 Å². The van der Waals surface area contributed by atoms with Gasteiger partial charge in [-0.2, -0.15) is 5.26 Å². The molecule has 3 nitrogen and oxygen atoms in total. The maximum Gasteiger partial charge on any atom is 0.128 e. The molecule has 6 heteroatoms. The molecule has 1 saturated carbocycles. The molecule has 1 aromatic rings. The van der Waals surface area contributed by atoms with Crippen LogP contribution in [0.4, 0.5) is 4.39 Å². The molecule has 1 aliphatic carbocycles. The second-order valence-electron chi connectivity index (χ2n) is 6.34. The molecule has 2 rings (SSSR count). The molecule has 0 bridgehead atoms. The molecule has 1 fully saturated rings. The van der Waals surface area contributed by atoms with Gasteiger partial charge in [-0.1, -0.05) is 36.7 Å². The third kappa shape index (κ3) is 7.67. The number of thioether (sulfide) groups is 1. The molecule has 3 N–H and O–H groups in total. The number of halogens is 2. The van der Waals surface area contributed by atoms with Crippen molar-refractivity contribution in [3.63, 3.8) is 0 Å². The predicted octanol–water partition coefficient (Wildman–Crippen LogP) is 4.79. The summed E-state index contributed by atoms with van der Waals surface area (Å²) < 4.78 is 14.6. The molecule has 2 atom stereocenters. The van der Waals surface area contributed by atoms with Gasteiger partial charge in [-0.15, -0.1) is 11.8 Å². The SMILES string of the molecule is CC(C)C.N#CC(SCC(NN)c1cc(Br)ccc1F)C1CC1. The Bertz CT molecular complexity index is 526. The summed E-state index contributed by atoms with van der Waals surface area (Å²) in [6, 6.07) is 6.81. The van der Waals surface area contributed by atoms with Gasteiger partial charge in [-0.3, -0.25) is 11.3 Å². The largest absolute Gasteiger partial charge is 0.271 e. The standard InChI is InChI=1S/C13H15BrFN3S.C4H10/c14-9-3-4-11(15)10(5-9)12(18-17)7-19-13(6-16)8-1-2-8;1-4(2)3/h3-5,8,12-13,18H,1-2,7,17H2;4H,1-3H3. The van der Waals surface area contributed by atoms with E-state index in [-0.39, 0.29) is 17.1 Å². The van der Waals surface area contributed by atoms with E-state index in [2.05, 4.69) is 48.2 Å². The second-order valence-corrected chi connectivity index (χ2v) is 8.43. The van der Waals surface area contributed by atoms with Crippen LogP contribution in [-0.2, 0) is 0 Å². The molecular formula is C17H25BrFN3S. The Kier molecular flexibility index (Phi) is 9.15. The lowest BCUT2D eigenvalue weighted by Crippen LogP contribution is -2.31. The van der Waals surface area contributed by atoms with E-state index in [0.29, 0.717) is 17.2 Å². The Hall–Kier alpha value is -0.610. The molecule has 0 aliphatic heterocycles. The van der Waals surface area contributed by atoms with E-state index < -0.39 is 0 Å². The minimum Gasteiger partial charge on any atom is -0.271 e. The summed E-state index contributed by atoms with van der Waals surface area (Å²) >= 11 is 4.87. The minimum atomic E-state index is -0.294. The predicted molar refractivity (Wildman–Crippen MR) is 99.3 cm³/mol. The first-order chi connectivity index (χ1) is 10.9. The third-order valence-corrected chi connectivity index (χ3v) is 5.02. The van der Waals surface area contributed by atoms with Crippen molar-refractivity contribution in [2.24, 2.45) is 17.7 Å². The molecule has 1 aliphatic rings. The van der Waals surface area contributed by atoms with Gasteiger partial charge in [-0.25, -0.2) is 4.39 Å². The fourth-order valence-corrected chi connectivity index (χ4v) is 3.56. The Balaban J connectivity index is 0.000000593. The smallest absolute Gasteiger partial charge is 0.128 e. The molecule has 0 aromatic heterocycles. The molecule has 0 spiro atoms. The van der Waals surface area contributed by atoms with Crippen LogP contribution in [0.2, 0.25) is 0 Å². The van der Waals surface area contributed by atoms with Gasteiger partial charge in [0.05, 0.1) is 17.4 Å². The minimum absolute atomic E-state index is 0.00827. The van der Waals surface area contributed by atoms with Crippen LogP contribution in [0, 0.1) is 29.0 Å². The second kappa shape index (κ2) is 10.3. The number of nitrogens with one attached hydrogen (secondary N) is 1. The van der Waals surface area contributed by atoms with Crippen LogP contribution in [0.1, 0.15) is 45.2 Å². The number of rotatable bonds is 6. The number of hydrazine groups is 1. The van der Waals surface area contributed by atoms with Crippen molar-refractivity contribution < 1.29 is 4.39 Å². The first-order valence-electron chi connectivity index (χ1n) is 7.81. The molecular weight excluding hydrogens is 377 g/mol. The highest BCUT2D eigenvalue weighted by atomic mass is 79.9. The number of nitrogens with two attached hydrogens (primary N) is 1. The van der Waals surface area contributed by atoms with Crippen molar-refractivity contribution in [1.29, 1.82) is 5.26 Å². The lowest BCUT2D eigenvalue weighted by Gasteiger charge is -2.18. The van der Waals surface area contributed by atoms with E-state index in [0.717, 1.165) is 23.2 Å². The van der Waals surface area contributed by atoms with E-state index >= 15 is 0 Å². The average Bonchev–Trinajstić information content (AvgIpc) is 3.31. The number of nitriles is 1. The van der Waals surface area contributed by atoms with Crippen molar-refractivity contribution in [2.75, 3.05) is 5.75 Å². The van der Waals surface area contributed by atoms with Gasteiger partial charge in [0.25, 0.3) is 0 Å². The quantitative estimate of drug-likeness (QED) is 0.531. The van der Waals surface area contributed by atoms with Crippen molar-refractivity contribution >= 4 is 27.7 Å². The molecule has 0 amide bonds. The van der Waals surface area contributed by atoms with Crippen molar-refractivity contribution in [1.82, 2.24) is 5.43 Å². The molecule has 0 saturated heterocycles. The Labute approximate surface area is 151 Å². The van der Waals surface area contributed by atoms with E-state index in [4.69, 9.17) is 11.1 Å². The van der Waals surface area contributed by atoms with Gasteiger partial charge in [-0.05, 0) is 42.9 Å². The zero-order valence-electron chi connectivity index (χ0n) is 13.9. The monoisotopic (exact) mass is 401 g/mol. The summed E-state index contributed by atoms with van der Waals surface area (Å²) in [4.78, 5) is 0. The Morgan fingerprint density at radius 2 is 2.04 bits per heavy atom. The van der Waals surface area contributed by atoms with E-state index in [1.165, 1.54) is 6.07 Å². The highest BCUT2D eigenvalue weighted by Gasteiger charge is 2.32. The molecule has 0 radical (unpaired) electrons. The lowest BCUT2D eigenvalue weighted by molar-refractivity contribution is 0.546. The van der Waals surface area contributed by atoms with Crippen LogP contribution < -0.4 is 11.3 Å². The molecule has 1 aromatic carbocycles. The van der Waals surface area contributed by atoms with E-state index in [1.54, 1.807) is 23.9 Å². The van der Waals surface area contributed by atoms with Crippen molar-refractivity contribution in [2.45, 2.75) is 44.9 Å². The summed E-state index contributed by atoms with van der Waals surface area (Å²) in [5.41, 5.74) is 3.16. The fourth-order valence-electron chi connectivity index (χ4n) is 1.89. The first kappa shape index (κ1) is 20.4. The van der Waals surface area contributed by atoms with Gasteiger partial charge in [0.15, 0.2) is 0 Å². The van der Waals surface area contributed by atoms with Crippen LogP contribution in [0.3, 0.4) is 0 Å². The van der Waals surface area contributed by atoms with Gasteiger partial charge < -0.3 is 0 Å². The number of nitrogens with zero attached hydrogens (tertiary/aromatic N) is 1. The summed E-state index contributed by atoms with van der Waals surface area (Å²) in [6.45, 7) is 6.50. The topological polar surface area (TPSA) is 61.8 Å². The van der Waals surface area contributed by atoms with Gasteiger partial charge >= 0.3 is 0 Å². The van der Waals surface area contributed by atoms with Crippen LogP contribution >= 0.6 is 27.7 Å². The van der Waals surface area contributed by atoms with Gasteiger partial charge in [0, 0.05) is 15.8 Å². The van der Waals surface area contributed by atoms with E-state index in [1.807, 2.05) is 0 Å². The average molecular weight is 402 g/mol.